The van der Waals surface area contributed by atoms with Gasteiger partial charge in [-0.3, -0.25) is 24.6 Å². The molecule has 9 nitrogen and oxygen atoms in total. The van der Waals surface area contributed by atoms with Gasteiger partial charge in [-0.1, -0.05) is 24.3 Å². The van der Waals surface area contributed by atoms with Gasteiger partial charge in [-0.15, -0.1) is 0 Å². The first-order valence-electron chi connectivity index (χ1n) is 10.6. The molecular formula is C25H23N5O4. The molecule has 0 fully saturated rings. The summed E-state index contributed by atoms with van der Waals surface area (Å²) in [6, 6.07) is 18.0. The van der Waals surface area contributed by atoms with E-state index in [0.717, 1.165) is 11.1 Å². The van der Waals surface area contributed by atoms with Gasteiger partial charge in [0.2, 0.25) is 0 Å². The van der Waals surface area contributed by atoms with Crippen molar-refractivity contribution in [3.63, 3.8) is 0 Å². The minimum Gasteiger partial charge on any atom is -0.489 e. The second-order valence-corrected chi connectivity index (χ2v) is 7.76. The zero-order valence-electron chi connectivity index (χ0n) is 18.8. The topological polar surface area (TPSA) is 112 Å². The summed E-state index contributed by atoms with van der Waals surface area (Å²) in [6.07, 6.45) is 3.45. The average Bonchev–Trinajstić information content (AvgIpc) is 3.11. The number of nitro groups is 1. The highest BCUT2D eigenvalue weighted by Gasteiger charge is 2.21. The Morgan fingerprint density at radius 2 is 1.88 bits per heavy atom. The molecule has 0 bridgehead atoms. The zero-order valence-corrected chi connectivity index (χ0v) is 18.8. The Balaban J connectivity index is 1.39. The lowest BCUT2D eigenvalue weighted by atomic mass is 10.1. The Morgan fingerprint density at radius 3 is 2.56 bits per heavy atom. The molecule has 4 rings (SSSR count). The number of carbonyl (C=O) groups excluding carboxylic acids is 1. The molecule has 0 aliphatic carbocycles. The Kier molecular flexibility index (Phi) is 6.63. The molecule has 1 N–H and O–H groups in total. The van der Waals surface area contributed by atoms with E-state index in [-0.39, 0.29) is 11.6 Å². The summed E-state index contributed by atoms with van der Waals surface area (Å²) in [5, 5.41) is 18.3. The molecular weight excluding hydrogens is 434 g/mol. The lowest BCUT2D eigenvalue weighted by Gasteiger charge is -2.10. The summed E-state index contributed by atoms with van der Waals surface area (Å²) in [5.41, 5.74) is 3.84. The quantitative estimate of drug-likeness (QED) is 0.304. The van der Waals surface area contributed by atoms with E-state index in [4.69, 9.17) is 4.74 Å². The first-order chi connectivity index (χ1) is 16.4. The van der Waals surface area contributed by atoms with E-state index in [1.807, 2.05) is 36.4 Å². The van der Waals surface area contributed by atoms with Gasteiger partial charge in [0.05, 0.1) is 11.5 Å². The van der Waals surface area contributed by atoms with Crippen molar-refractivity contribution in [1.29, 1.82) is 0 Å². The third kappa shape index (κ3) is 5.26. The van der Waals surface area contributed by atoms with Crippen molar-refractivity contribution in [1.82, 2.24) is 14.8 Å². The van der Waals surface area contributed by atoms with Crippen molar-refractivity contribution in [3.05, 3.63) is 111 Å². The summed E-state index contributed by atoms with van der Waals surface area (Å²) in [7, 11) is 0. The van der Waals surface area contributed by atoms with Gasteiger partial charge in [0.1, 0.15) is 23.7 Å². The molecule has 172 valence electrons. The van der Waals surface area contributed by atoms with Crippen LogP contribution in [0.25, 0.3) is 0 Å². The first kappa shape index (κ1) is 22.7. The van der Waals surface area contributed by atoms with Crippen LogP contribution in [-0.2, 0) is 13.2 Å². The lowest BCUT2D eigenvalue weighted by Crippen LogP contribution is -2.12. The maximum atomic E-state index is 12.7. The lowest BCUT2D eigenvalue weighted by molar-refractivity contribution is -0.386. The summed E-state index contributed by atoms with van der Waals surface area (Å²) in [6.45, 7) is 4.05. The maximum Gasteiger partial charge on any atom is 0.312 e. The Hall–Kier alpha value is -4.53. The van der Waals surface area contributed by atoms with Crippen molar-refractivity contribution in [2.24, 2.45) is 0 Å². The fraction of sp³-hybridized carbons (Fsp3) is 0.160. The Bertz CT molecular complexity index is 1320. The smallest absolute Gasteiger partial charge is 0.312 e. The molecule has 0 saturated carbocycles. The maximum absolute atomic E-state index is 12.7. The number of hydrogen-bond donors (Lipinski definition) is 1. The first-order valence-corrected chi connectivity index (χ1v) is 10.6. The molecule has 0 saturated heterocycles. The Labute approximate surface area is 196 Å². The number of aryl methyl sites for hydroxylation is 1. The van der Waals surface area contributed by atoms with E-state index in [2.05, 4.69) is 15.4 Å². The number of carbonyl (C=O) groups is 1. The van der Waals surface area contributed by atoms with Crippen LogP contribution in [0.3, 0.4) is 0 Å². The van der Waals surface area contributed by atoms with Gasteiger partial charge in [-0.05, 0) is 49.7 Å². The average molecular weight is 457 g/mol. The Morgan fingerprint density at radius 1 is 1.09 bits per heavy atom. The van der Waals surface area contributed by atoms with Gasteiger partial charge in [0.25, 0.3) is 5.91 Å². The number of nitrogens with one attached hydrogen (secondary N) is 1. The van der Waals surface area contributed by atoms with E-state index >= 15 is 0 Å². The van der Waals surface area contributed by atoms with Gasteiger partial charge >= 0.3 is 5.69 Å². The van der Waals surface area contributed by atoms with Gasteiger partial charge < -0.3 is 10.1 Å². The van der Waals surface area contributed by atoms with Gasteiger partial charge in [0, 0.05) is 35.3 Å². The molecule has 0 atom stereocenters. The van der Waals surface area contributed by atoms with Crippen LogP contribution < -0.4 is 10.1 Å². The number of hydrogen-bond acceptors (Lipinski definition) is 6. The van der Waals surface area contributed by atoms with Crippen molar-refractivity contribution in [2.75, 3.05) is 5.32 Å². The molecule has 0 unspecified atom stereocenters. The highest BCUT2D eigenvalue weighted by atomic mass is 16.6. The predicted octanol–water partition coefficient (Wildman–Crippen LogP) is 4.68. The molecule has 9 heteroatoms. The number of benzene rings is 2. The minimum atomic E-state index is -0.416. The van der Waals surface area contributed by atoms with Crippen LogP contribution in [0.1, 0.15) is 32.9 Å². The van der Waals surface area contributed by atoms with Crippen LogP contribution in [0, 0.1) is 24.0 Å². The molecule has 0 spiro atoms. The number of ether oxygens (including phenoxy) is 1. The summed E-state index contributed by atoms with van der Waals surface area (Å²) in [5.74, 6) is 0.383. The molecule has 2 heterocycles. The largest absolute Gasteiger partial charge is 0.489 e. The molecule has 0 radical (unpaired) electrons. The SMILES string of the molecule is Cc1nn(Cc2ccc(C(=O)Nc3cccc(OCc4cccnc4)c3)cc2)c(C)c1[N+](=O)[O-]. The van der Waals surface area contributed by atoms with Crippen molar-refractivity contribution < 1.29 is 14.5 Å². The van der Waals surface area contributed by atoms with Gasteiger partial charge in [0.15, 0.2) is 0 Å². The molecule has 34 heavy (non-hydrogen) atoms. The van der Waals surface area contributed by atoms with Crippen LogP contribution in [0.15, 0.2) is 73.1 Å². The number of pyridine rings is 1. The molecule has 2 aromatic heterocycles. The molecule has 0 aliphatic heterocycles. The van der Waals surface area contributed by atoms with Crippen molar-refractivity contribution >= 4 is 17.3 Å². The fourth-order valence-corrected chi connectivity index (χ4v) is 3.56. The number of anilines is 1. The summed E-state index contributed by atoms with van der Waals surface area (Å²) >= 11 is 0. The molecule has 2 aromatic carbocycles. The fourth-order valence-electron chi connectivity index (χ4n) is 3.56. The predicted molar refractivity (Wildman–Crippen MR) is 127 cm³/mol. The van der Waals surface area contributed by atoms with Crippen LogP contribution >= 0.6 is 0 Å². The van der Waals surface area contributed by atoms with E-state index in [1.54, 1.807) is 55.2 Å². The number of aromatic nitrogens is 3. The van der Waals surface area contributed by atoms with Crippen LogP contribution in [0.2, 0.25) is 0 Å². The normalized spacial score (nSPS) is 10.6. The summed E-state index contributed by atoms with van der Waals surface area (Å²) in [4.78, 5) is 27.5. The van der Waals surface area contributed by atoms with Crippen LogP contribution in [0.5, 0.6) is 5.75 Å². The monoisotopic (exact) mass is 457 g/mol. The van der Waals surface area contributed by atoms with E-state index < -0.39 is 4.92 Å². The number of rotatable bonds is 8. The number of nitrogens with zero attached hydrogens (tertiary/aromatic N) is 4. The molecule has 0 aliphatic rings. The minimum absolute atomic E-state index is 0.0302. The van der Waals surface area contributed by atoms with Gasteiger partial charge in [-0.25, -0.2) is 0 Å². The van der Waals surface area contributed by atoms with Crippen LogP contribution in [0.4, 0.5) is 11.4 Å². The van der Waals surface area contributed by atoms with Gasteiger partial charge in [-0.2, -0.15) is 5.10 Å². The highest BCUT2D eigenvalue weighted by molar-refractivity contribution is 6.04. The standard InChI is InChI=1S/C25H23N5O4/c1-17-24(30(32)33)18(2)29(28-17)15-19-8-10-21(11-9-19)25(31)27-22-6-3-7-23(13-22)34-16-20-5-4-12-26-14-20/h3-14H,15-16H2,1-2H3,(H,27,31). The number of amides is 1. The van der Waals surface area contributed by atoms with Crippen molar-refractivity contribution in [3.8, 4) is 5.75 Å². The van der Waals surface area contributed by atoms with E-state index in [9.17, 15) is 14.9 Å². The second-order valence-electron chi connectivity index (χ2n) is 7.76. The molecule has 1 amide bonds. The third-order valence-corrected chi connectivity index (χ3v) is 5.29. The second kappa shape index (κ2) is 9.95. The van der Waals surface area contributed by atoms with Crippen LogP contribution in [-0.4, -0.2) is 25.6 Å². The van der Waals surface area contributed by atoms with E-state index in [0.29, 0.717) is 41.5 Å². The third-order valence-electron chi connectivity index (χ3n) is 5.29. The summed E-state index contributed by atoms with van der Waals surface area (Å²) < 4.78 is 7.38. The highest BCUT2D eigenvalue weighted by Crippen LogP contribution is 2.23. The zero-order chi connectivity index (χ0) is 24.1. The van der Waals surface area contributed by atoms with Crippen molar-refractivity contribution in [2.45, 2.75) is 27.0 Å². The van der Waals surface area contributed by atoms with E-state index in [1.165, 1.54) is 0 Å². The molecule has 4 aromatic rings.